The van der Waals surface area contributed by atoms with E-state index in [-0.39, 0.29) is 21.1 Å². The van der Waals surface area contributed by atoms with E-state index in [0.29, 0.717) is 5.41 Å². The number of hydrogen-bond donors (Lipinski definition) is 0. The summed E-state index contributed by atoms with van der Waals surface area (Å²) >= 11 is 0. The molecule has 0 aromatic heterocycles. The van der Waals surface area contributed by atoms with Gasteiger partial charge in [-0.3, -0.25) is 0 Å². The molecule has 2 atom stereocenters. The van der Waals surface area contributed by atoms with Crippen LogP contribution in [0.4, 0.5) is 0 Å². The summed E-state index contributed by atoms with van der Waals surface area (Å²) < 4.78 is 0. The predicted molar refractivity (Wildman–Crippen MR) is 39.1 cm³/mol. The van der Waals surface area contributed by atoms with Crippen molar-refractivity contribution in [1.82, 2.24) is 0 Å². The Morgan fingerprint density at radius 1 is 1.60 bits per heavy atom. The molecule has 2 unspecified atom stereocenters. The Bertz CT molecular complexity index is 203. The van der Waals surface area contributed by atoms with Gasteiger partial charge in [0.2, 0.25) is 0 Å². The van der Waals surface area contributed by atoms with E-state index in [0.717, 1.165) is 5.92 Å². The fourth-order valence-electron chi connectivity index (χ4n) is 1.88. The normalized spacial score (nSPS) is 41.4. The number of allylic oxidation sites excluding steroid dienone is 4. The van der Waals surface area contributed by atoms with Gasteiger partial charge in [0, 0.05) is 26.5 Å². The van der Waals surface area contributed by atoms with Crippen molar-refractivity contribution in [2.75, 3.05) is 0 Å². The molecule has 58 valence electrons. The average molecular weight is 315 g/mol. The largest absolute Gasteiger partial charge is 0.0807 e. The van der Waals surface area contributed by atoms with Gasteiger partial charge in [0.25, 0.3) is 0 Å². The molecule has 0 aromatic rings. The van der Waals surface area contributed by atoms with Gasteiger partial charge in [0.05, 0.1) is 0 Å². The SMILES string of the molecule is CC1=CC2C=CC1(C)C2.[Pt]. The van der Waals surface area contributed by atoms with Crippen molar-refractivity contribution >= 4 is 0 Å². The molecule has 0 amide bonds. The van der Waals surface area contributed by atoms with Crippen LogP contribution in [0.25, 0.3) is 0 Å². The van der Waals surface area contributed by atoms with E-state index in [1.54, 1.807) is 5.57 Å². The van der Waals surface area contributed by atoms with Gasteiger partial charge in [-0.1, -0.05) is 30.7 Å². The Morgan fingerprint density at radius 2 is 2.30 bits per heavy atom. The fraction of sp³-hybridized carbons (Fsp3) is 0.556. The van der Waals surface area contributed by atoms with Gasteiger partial charge in [0.1, 0.15) is 0 Å². The van der Waals surface area contributed by atoms with Crippen LogP contribution in [0, 0.1) is 11.3 Å². The molecular formula is C9H12Pt. The molecule has 0 saturated carbocycles. The molecule has 0 radical (unpaired) electrons. The van der Waals surface area contributed by atoms with Crippen LogP contribution in [0.1, 0.15) is 20.3 Å². The molecule has 0 spiro atoms. The van der Waals surface area contributed by atoms with Crippen molar-refractivity contribution in [3.63, 3.8) is 0 Å². The van der Waals surface area contributed by atoms with Crippen molar-refractivity contribution in [1.29, 1.82) is 0 Å². The summed E-state index contributed by atoms with van der Waals surface area (Å²) in [7, 11) is 0. The van der Waals surface area contributed by atoms with Crippen LogP contribution in [0.3, 0.4) is 0 Å². The van der Waals surface area contributed by atoms with Crippen LogP contribution >= 0.6 is 0 Å². The van der Waals surface area contributed by atoms with E-state index in [9.17, 15) is 0 Å². The third kappa shape index (κ3) is 0.937. The molecule has 10 heavy (non-hydrogen) atoms. The topological polar surface area (TPSA) is 0 Å². The summed E-state index contributed by atoms with van der Waals surface area (Å²) in [5.41, 5.74) is 2.01. The molecule has 0 fully saturated rings. The molecule has 0 aliphatic heterocycles. The van der Waals surface area contributed by atoms with Crippen LogP contribution in [0.15, 0.2) is 23.8 Å². The van der Waals surface area contributed by atoms with Gasteiger partial charge in [-0.25, -0.2) is 0 Å². The first-order chi connectivity index (χ1) is 4.21. The van der Waals surface area contributed by atoms with Crippen LogP contribution in [0.2, 0.25) is 0 Å². The van der Waals surface area contributed by atoms with E-state index in [1.807, 2.05) is 0 Å². The standard InChI is InChI=1S/C9H12.Pt/c1-7-5-8-3-4-9(7,2)6-8;/h3-5,8H,6H2,1-2H3;. The second kappa shape index (κ2) is 2.34. The zero-order chi connectivity index (χ0) is 6.48. The molecule has 1 heteroatoms. The first-order valence-corrected chi connectivity index (χ1v) is 3.59. The molecule has 2 rings (SSSR count). The van der Waals surface area contributed by atoms with E-state index in [1.165, 1.54) is 6.42 Å². The maximum absolute atomic E-state index is 2.39. The summed E-state index contributed by atoms with van der Waals surface area (Å²) in [6, 6.07) is 0. The molecule has 2 aliphatic rings. The Morgan fingerprint density at radius 3 is 2.50 bits per heavy atom. The maximum Gasteiger partial charge on any atom is 0.00687 e. The smallest absolute Gasteiger partial charge is 0.00687 e. The van der Waals surface area contributed by atoms with Gasteiger partial charge in [-0.05, 0) is 19.3 Å². The third-order valence-corrected chi connectivity index (χ3v) is 2.74. The van der Waals surface area contributed by atoms with Gasteiger partial charge < -0.3 is 0 Å². The van der Waals surface area contributed by atoms with Crippen LogP contribution in [0.5, 0.6) is 0 Å². The number of rotatable bonds is 0. The third-order valence-electron chi connectivity index (χ3n) is 2.74. The fourth-order valence-corrected chi connectivity index (χ4v) is 1.88. The van der Waals surface area contributed by atoms with E-state index < -0.39 is 0 Å². The minimum absolute atomic E-state index is 0. The predicted octanol–water partition coefficient (Wildman–Crippen LogP) is 2.53. The van der Waals surface area contributed by atoms with Crippen molar-refractivity contribution < 1.29 is 21.1 Å². The molecule has 2 bridgehead atoms. The summed E-state index contributed by atoms with van der Waals surface area (Å²) in [4.78, 5) is 0. The molecule has 0 aromatic carbocycles. The quantitative estimate of drug-likeness (QED) is 0.603. The second-order valence-electron chi connectivity index (χ2n) is 3.49. The molecule has 0 N–H and O–H groups in total. The molecule has 0 nitrogen and oxygen atoms in total. The molecule has 2 aliphatic carbocycles. The minimum atomic E-state index is 0. The van der Waals surface area contributed by atoms with Crippen molar-refractivity contribution in [3.05, 3.63) is 23.8 Å². The summed E-state index contributed by atoms with van der Waals surface area (Å²) in [6.45, 7) is 4.56. The molecule has 0 heterocycles. The summed E-state index contributed by atoms with van der Waals surface area (Å²) in [6.07, 6.45) is 8.40. The van der Waals surface area contributed by atoms with Gasteiger partial charge in [-0.2, -0.15) is 0 Å². The number of fused-ring (bicyclic) bond motifs is 2. The number of hydrogen-bond acceptors (Lipinski definition) is 0. The Kier molecular flexibility index (Phi) is 1.93. The molecule has 0 saturated heterocycles. The van der Waals surface area contributed by atoms with Gasteiger partial charge >= 0.3 is 0 Å². The zero-order valence-corrected chi connectivity index (χ0v) is 8.60. The maximum atomic E-state index is 2.39. The average Bonchev–Trinajstić information content (AvgIpc) is 2.22. The van der Waals surface area contributed by atoms with Crippen molar-refractivity contribution in [2.24, 2.45) is 11.3 Å². The van der Waals surface area contributed by atoms with E-state index in [4.69, 9.17) is 0 Å². The Labute approximate surface area is 76.7 Å². The first kappa shape index (κ1) is 8.27. The van der Waals surface area contributed by atoms with Gasteiger partial charge in [-0.15, -0.1) is 0 Å². The Balaban J connectivity index is 0.000000500. The summed E-state index contributed by atoms with van der Waals surface area (Å²) in [5, 5.41) is 0. The van der Waals surface area contributed by atoms with Crippen LogP contribution in [-0.2, 0) is 21.1 Å². The second-order valence-corrected chi connectivity index (χ2v) is 3.49. The van der Waals surface area contributed by atoms with E-state index in [2.05, 4.69) is 32.1 Å². The van der Waals surface area contributed by atoms with Crippen LogP contribution in [-0.4, -0.2) is 0 Å². The van der Waals surface area contributed by atoms with Crippen LogP contribution < -0.4 is 0 Å². The van der Waals surface area contributed by atoms with Crippen molar-refractivity contribution in [3.8, 4) is 0 Å². The molecular weight excluding hydrogens is 303 g/mol. The zero-order valence-electron chi connectivity index (χ0n) is 6.33. The first-order valence-electron chi connectivity index (χ1n) is 3.59. The van der Waals surface area contributed by atoms with Gasteiger partial charge in [0.15, 0.2) is 0 Å². The Hall–Kier alpha value is 0.168. The monoisotopic (exact) mass is 315 g/mol. The van der Waals surface area contributed by atoms with Crippen molar-refractivity contribution in [2.45, 2.75) is 20.3 Å². The summed E-state index contributed by atoms with van der Waals surface area (Å²) in [5.74, 6) is 0.773. The van der Waals surface area contributed by atoms with E-state index >= 15 is 0 Å². The minimum Gasteiger partial charge on any atom is -0.0807 e.